The Kier molecular flexibility index (Phi) is 5.13. The second kappa shape index (κ2) is 6.86. The van der Waals surface area contributed by atoms with Crippen LogP contribution in [0, 0.1) is 0 Å². The second-order valence-corrected chi connectivity index (χ2v) is 6.90. The van der Waals surface area contributed by atoms with Gasteiger partial charge in [0.2, 0.25) is 5.91 Å². The number of thiophene rings is 1. The first kappa shape index (κ1) is 15.7. The summed E-state index contributed by atoms with van der Waals surface area (Å²) >= 11 is 4.95. The van der Waals surface area contributed by atoms with Crippen LogP contribution >= 0.6 is 27.3 Å². The highest BCUT2D eigenvalue weighted by molar-refractivity contribution is 9.11. The number of aromatic amines is 1. The number of halogens is 1. The summed E-state index contributed by atoms with van der Waals surface area (Å²) in [5, 5.41) is 0. The molecule has 0 aliphatic carbocycles. The Morgan fingerprint density at radius 2 is 2.14 bits per heavy atom. The molecule has 0 aromatic carbocycles. The molecule has 21 heavy (non-hydrogen) atoms. The Hall–Kier alpha value is -1.67. The number of carbonyl (C=O) groups is 1. The second-order valence-electron chi connectivity index (χ2n) is 4.35. The van der Waals surface area contributed by atoms with E-state index in [0.29, 0.717) is 13.1 Å². The summed E-state index contributed by atoms with van der Waals surface area (Å²) in [6, 6.07) is 5.11. The fourth-order valence-corrected chi connectivity index (χ4v) is 3.31. The van der Waals surface area contributed by atoms with Crippen LogP contribution in [-0.4, -0.2) is 26.9 Å². The largest absolute Gasteiger partial charge is 0.336 e. The van der Waals surface area contributed by atoms with Crippen LogP contribution in [0.25, 0.3) is 0 Å². The molecule has 0 spiro atoms. The molecular formula is C13H14BrN3O3S. The lowest BCUT2D eigenvalue weighted by atomic mass is 10.4. The highest BCUT2D eigenvalue weighted by atomic mass is 79.9. The molecule has 2 aromatic rings. The summed E-state index contributed by atoms with van der Waals surface area (Å²) < 4.78 is 2.20. The van der Waals surface area contributed by atoms with Crippen LogP contribution in [0.5, 0.6) is 0 Å². The Bertz CT molecular complexity index is 749. The minimum absolute atomic E-state index is 0.0873. The first-order valence-electron chi connectivity index (χ1n) is 6.31. The summed E-state index contributed by atoms with van der Waals surface area (Å²) in [5.74, 6) is -0.170. The number of rotatable bonds is 5. The van der Waals surface area contributed by atoms with Crippen molar-refractivity contribution >= 4 is 33.2 Å². The van der Waals surface area contributed by atoms with E-state index in [1.807, 2.05) is 19.1 Å². The molecule has 1 amide bonds. The number of hydrogen-bond donors (Lipinski definition) is 1. The maximum Gasteiger partial charge on any atom is 0.328 e. The number of nitrogens with one attached hydrogen (secondary N) is 1. The average molecular weight is 372 g/mol. The van der Waals surface area contributed by atoms with Crippen molar-refractivity contribution in [3.05, 3.63) is 53.9 Å². The molecule has 0 aliphatic heterocycles. The van der Waals surface area contributed by atoms with Crippen molar-refractivity contribution < 1.29 is 4.79 Å². The van der Waals surface area contributed by atoms with Gasteiger partial charge in [0.1, 0.15) is 6.54 Å². The van der Waals surface area contributed by atoms with E-state index >= 15 is 0 Å². The van der Waals surface area contributed by atoms with Crippen LogP contribution in [-0.2, 0) is 17.9 Å². The van der Waals surface area contributed by atoms with Crippen molar-refractivity contribution in [1.82, 2.24) is 14.5 Å². The van der Waals surface area contributed by atoms with E-state index in [1.54, 1.807) is 16.2 Å². The minimum Gasteiger partial charge on any atom is -0.336 e. The molecule has 0 unspecified atom stereocenters. The predicted molar refractivity (Wildman–Crippen MR) is 84.4 cm³/mol. The van der Waals surface area contributed by atoms with Crippen LogP contribution in [0.15, 0.2) is 37.8 Å². The van der Waals surface area contributed by atoms with Gasteiger partial charge < -0.3 is 4.90 Å². The first-order chi connectivity index (χ1) is 9.99. The summed E-state index contributed by atoms with van der Waals surface area (Å²) in [7, 11) is 0. The molecule has 8 heteroatoms. The maximum atomic E-state index is 12.3. The van der Waals surface area contributed by atoms with E-state index in [-0.39, 0.29) is 12.5 Å². The van der Waals surface area contributed by atoms with Gasteiger partial charge >= 0.3 is 5.69 Å². The van der Waals surface area contributed by atoms with Crippen LogP contribution in [0.3, 0.4) is 0 Å². The Morgan fingerprint density at radius 1 is 1.38 bits per heavy atom. The van der Waals surface area contributed by atoms with Crippen molar-refractivity contribution in [2.45, 2.75) is 20.0 Å². The third kappa shape index (κ3) is 4.15. The molecule has 0 aliphatic rings. The number of nitrogens with zero attached hydrogens (tertiary/aromatic N) is 2. The lowest BCUT2D eigenvalue weighted by Gasteiger charge is -2.20. The molecular weight excluding hydrogens is 358 g/mol. The van der Waals surface area contributed by atoms with Gasteiger partial charge in [-0.2, -0.15) is 0 Å². The van der Waals surface area contributed by atoms with E-state index in [1.165, 1.54) is 16.8 Å². The number of amides is 1. The van der Waals surface area contributed by atoms with E-state index in [2.05, 4.69) is 20.9 Å². The zero-order chi connectivity index (χ0) is 15.4. The molecule has 1 N–H and O–H groups in total. The predicted octanol–water partition coefficient (Wildman–Crippen LogP) is 1.41. The zero-order valence-electron chi connectivity index (χ0n) is 11.3. The smallest absolute Gasteiger partial charge is 0.328 e. The molecule has 2 rings (SSSR count). The van der Waals surface area contributed by atoms with Gasteiger partial charge in [0.25, 0.3) is 5.56 Å². The number of aromatic nitrogens is 2. The molecule has 0 radical (unpaired) electrons. The third-order valence-corrected chi connectivity index (χ3v) is 4.52. The molecule has 0 saturated carbocycles. The fourth-order valence-electron chi connectivity index (χ4n) is 1.82. The normalized spacial score (nSPS) is 10.6. The van der Waals surface area contributed by atoms with Gasteiger partial charge in [0.05, 0.1) is 10.3 Å². The molecule has 0 atom stereocenters. The molecule has 0 saturated heterocycles. The quantitative estimate of drug-likeness (QED) is 0.863. The SMILES string of the molecule is CCN(Cc1ccc(Br)s1)C(=O)Cn1ccc(=O)[nH]c1=O. The number of likely N-dealkylation sites (N-methyl/N-ethyl adjacent to an activating group) is 1. The monoisotopic (exact) mass is 371 g/mol. The Morgan fingerprint density at radius 3 is 2.71 bits per heavy atom. The van der Waals surface area contributed by atoms with Crippen molar-refractivity contribution in [1.29, 1.82) is 0 Å². The number of H-pyrrole nitrogens is 1. The lowest BCUT2D eigenvalue weighted by Crippen LogP contribution is -2.37. The molecule has 0 bridgehead atoms. The first-order valence-corrected chi connectivity index (χ1v) is 7.92. The molecule has 2 heterocycles. The van der Waals surface area contributed by atoms with Gasteiger partial charge in [-0.1, -0.05) is 0 Å². The Balaban J connectivity index is 2.09. The lowest BCUT2D eigenvalue weighted by molar-refractivity contribution is -0.132. The van der Waals surface area contributed by atoms with Gasteiger partial charge in [-0.3, -0.25) is 19.1 Å². The maximum absolute atomic E-state index is 12.3. The highest BCUT2D eigenvalue weighted by Gasteiger charge is 2.14. The summed E-state index contributed by atoms with van der Waals surface area (Å²) in [6.45, 7) is 2.85. The van der Waals surface area contributed by atoms with Gasteiger partial charge in [0, 0.05) is 23.7 Å². The van der Waals surface area contributed by atoms with E-state index in [4.69, 9.17) is 0 Å². The van der Waals surface area contributed by atoms with Crippen LogP contribution in [0.1, 0.15) is 11.8 Å². The molecule has 2 aromatic heterocycles. The average Bonchev–Trinajstić information content (AvgIpc) is 2.84. The summed E-state index contributed by atoms with van der Waals surface area (Å²) in [6.07, 6.45) is 1.33. The topological polar surface area (TPSA) is 75.2 Å². The highest BCUT2D eigenvalue weighted by Crippen LogP contribution is 2.23. The van der Waals surface area contributed by atoms with Crippen molar-refractivity contribution in [3.8, 4) is 0 Å². The van der Waals surface area contributed by atoms with Gasteiger partial charge in [-0.05, 0) is 35.0 Å². The summed E-state index contributed by atoms with van der Waals surface area (Å²) in [5.41, 5.74) is -1.05. The standard InChI is InChI=1S/C13H14BrN3O3S/c1-2-16(7-9-3-4-10(14)21-9)12(19)8-17-6-5-11(18)15-13(17)20/h3-6H,2,7-8H2,1H3,(H,15,18,20). The van der Waals surface area contributed by atoms with Gasteiger partial charge in [0.15, 0.2) is 0 Å². The van der Waals surface area contributed by atoms with Gasteiger partial charge in [-0.25, -0.2) is 4.79 Å². The van der Waals surface area contributed by atoms with Crippen LogP contribution < -0.4 is 11.2 Å². The van der Waals surface area contributed by atoms with E-state index < -0.39 is 11.2 Å². The molecule has 112 valence electrons. The van der Waals surface area contributed by atoms with Crippen molar-refractivity contribution in [2.24, 2.45) is 0 Å². The zero-order valence-corrected chi connectivity index (χ0v) is 13.7. The van der Waals surface area contributed by atoms with E-state index in [9.17, 15) is 14.4 Å². The Labute approximate surface area is 133 Å². The fraction of sp³-hybridized carbons (Fsp3) is 0.308. The summed E-state index contributed by atoms with van der Waals surface area (Å²) in [4.78, 5) is 39.7. The minimum atomic E-state index is -0.578. The van der Waals surface area contributed by atoms with Crippen LogP contribution in [0.4, 0.5) is 0 Å². The number of hydrogen-bond acceptors (Lipinski definition) is 4. The van der Waals surface area contributed by atoms with Crippen molar-refractivity contribution in [3.63, 3.8) is 0 Å². The van der Waals surface area contributed by atoms with E-state index in [0.717, 1.165) is 8.66 Å². The van der Waals surface area contributed by atoms with Crippen molar-refractivity contribution in [2.75, 3.05) is 6.54 Å². The third-order valence-electron chi connectivity index (χ3n) is 2.91. The molecule has 0 fully saturated rings. The molecule has 6 nitrogen and oxygen atoms in total. The van der Waals surface area contributed by atoms with Gasteiger partial charge in [-0.15, -0.1) is 11.3 Å². The number of carbonyl (C=O) groups excluding carboxylic acids is 1. The van der Waals surface area contributed by atoms with Crippen LogP contribution in [0.2, 0.25) is 0 Å².